The van der Waals surface area contributed by atoms with Gasteiger partial charge >= 0.3 is 6.03 Å². The van der Waals surface area contributed by atoms with Crippen LogP contribution in [0.15, 0.2) is 14.1 Å². The van der Waals surface area contributed by atoms with E-state index in [2.05, 4.69) is 26.2 Å². The van der Waals surface area contributed by atoms with E-state index >= 15 is 0 Å². The van der Waals surface area contributed by atoms with E-state index < -0.39 is 16.1 Å². The molecule has 25 heavy (non-hydrogen) atoms. The fraction of sp³-hybridized carbons (Fsp3) is 0.429. The Morgan fingerprint density at radius 3 is 2.72 bits per heavy atom. The average molecular weight is 468 g/mol. The van der Waals surface area contributed by atoms with Crippen molar-refractivity contribution in [2.75, 3.05) is 19.0 Å². The fourth-order valence-corrected chi connectivity index (χ4v) is 6.05. The number of thiazole rings is 1. The number of urea groups is 1. The minimum atomic E-state index is -3.93. The minimum Gasteiger partial charge on any atom is -0.384 e. The summed E-state index contributed by atoms with van der Waals surface area (Å²) < 4.78 is 32.7. The van der Waals surface area contributed by atoms with E-state index in [1.165, 1.54) is 11.3 Å². The summed E-state index contributed by atoms with van der Waals surface area (Å²) in [5.41, 5.74) is 1.67. The molecule has 2 aromatic rings. The number of hydrogen-bond acceptors (Lipinski definition) is 7. The summed E-state index contributed by atoms with van der Waals surface area (Å²) in [5, 5.41) is 2.78. The van der Waals surface area contributed by atoms with E-state index in [1.54, 1.807) is 13.2 Å². The van der Waals surface area contributed by atoms with Gasteiger partial charge in [-0.05, 0) is 40.9 Å². The number of carbonyl (C=O) groups is 1. The highest BCUT2D eigenvalue weighted by atomic mass is 79.9. The van der Waals surface area contributed by atoms with Crippen molar-refractivity contribution in [3.05, 3.63) is 26.0 Å². The van der Waals surface area contributed by atoms with Gasteiger partial charge in [0.2, 0.25) is 0 Å². The van der Waals surface area contributed by atoms with Crippen molar-refractivity contribution < 1.29 is 17.9 Å². The van der Waals surface area contributed by atoms with Crippen LogP contribution in [-0.4, -0.2) is 33.1 Å². The lowest BCUT2D eigenvalue weighted by Crippen LogP contribution is -2.33. The first kappa shape index (κ1) is 20.3. The van der Waals surface area contributed by atoms with Gasteiger partial charge in [0, 0.05) is 18.4 Å². The number of carbonyl (C=O) groups excluding carboxylic acids is 1. The number of anilines is 1. The summed E-state index contributed by atoms with van der Waals surface area (Å²) in [5.74, 6) is 0. The SMILES string of the molecule is CCc1nc(NC(=O)NS(=O)(=O)c2cc(C)c(CCOC)s2)sc1Br. The number of nitrogens with zero attached hydrogens (tertiary/aromatic N) is 1. The van der Waals surface area contributed by atoms with Gasteiger partial charge < -0.3 is 4.74 Å². The zero-order valence-corrected chi connectivity index (χ0v) is 17.9. The van der Waals surface area contributed by atoms with E-state index in [9.17, 15) is 13.2 Å². The van der Waals surface area contributed by atoms with Crippen LogP contribution in [0.3, 0.4) is 0 Å². The first-order valence-corrected chi connectivity index (χ1v) is 11.2. The minimum absolute atomic E-state index is 0.0980. The monoisotopic (exact) mass is 467 g/mol. The van der Waals surface area contributed by atoms with Crippen molar-refractivity contribution in [3.63, 3.8) is 0 Å². The Bertz CT molecular complexity index is 861. The topological polar surface area (TPSA) is 97.4 Å². The van der Waals surface area contributed by atoms with Crippen LogP contribution in [0.25, 0.3) is 0 Å². The number of hydrogen-bond donors (Lipinski definition) is 2. The molecule has 2 heterocycles. The largest absolute Gasteiger partial charge is 0.384 e. The van der Waals surface area contributed by atoms with Crippen molar-refractivity contribution in [2.45, 2.75) is 30.9 Å². The molecule has 0 aliphatic heterocycles. The summed E-state index contributed by atoms with van der Waals surface area (Å²) in [4.78, 5) is 17.1. The molecule has 0 fully saturated rings. The number of nitrogens with one attached hydrogen (secondary N) is 2. The molecule has 0 spiro atoms. The number of sulfonamides is 1. The molecule has 2 amide bonds. The van der Waals surface area contributed by atoms with Crippen LogP contribution in [0.5, 0.6) is 0 Å². The number of thiophene rings is 1. The van der Waals surface area contributed by atoms with Gasteiger partial charge in [-0.2, -0.15) is 0 Å². The molecule has 0 aromatic carbocycles. The number of aryl methyl sites for hydroxylation is 2. The van der Waals surface area contributed by atoms with E-state index in [1.807, 2.05) is 18.6 Å². The van der Waals surface area contributed by atoms with Gasteiger partial charge in [0.1, 0.15) is 4.21 Å². The van der Waals surface area contributed by atoms with Crippen molar-refractivity contribution >= 4 is 59.8 Å². The smallest absolute Gasteiger partial charge is 0.334 e. The third-order valence-electron chi connectivity index (χ3n) is 3.23. The van der Waals surface area contributed by atoms with E-state index in [-0.39, 0.29) is 4.21 Å². The molecule has 0 aliphatic carbocycles. The summed E-state index contributed by atoms with van der Waals surface area (Å²) in [7, 11) is -2.34. The standard InChI is InChI=1S/C14H18BrN3O4S3/c1-4-9-12(15)24-14(16-9)17-13(19)18-25(20,21)11-7-8(2)10(23-11)5-6-22-3/h7H,4-6H2,1-3H3,(H2,16,17,18,19). The second-order valence-electron chi connectivity index (χ2n) is 5.07. The normalized spacial score (nSPS) is 11.5. The van der Waals surface area contributed by atoms with Crippen molar-refractivity contribution in [1.29, 1.82) is 0 Å². The summed E-state index contributed by atoms with van der Waals surface area (Å²) in [6.07, 6.45) is 1.33. The van der Waals surface area contributed by atoms with Gasteiger partial charge in [-0.25, -0.2) is 22.9 Å². The highest BCUT2D eigenvalue weighted by Crippen LogP contribution is 2.29. The number of rotatable bonds is 7. The molecular formula is C14H18BrN3O4S3. The Kier molecular flexibility index (Phi) is 6.97. The lowest BCUT2D eigenvalue weighted by atomic mass is 10.2. The highest BCUT2D eigenvalue weighted by Gasteiger charge is 2.22. The Morgan fingerprint density at radius 1 is 1.40 bits per heavy atom. The van der Waals surface area contributed by atoms with Crippen LogP contribution >= 0.6 is 38.6 Å². The molecule has 0 saturated heterocycles. The summed E-state index contributed by atoms with van der Waals surface area (Å²) in [6.45, 7) is 4.28. The zero-order chi connectivity index (χ0) is 18.6. The van der Waals surface area contributed by atoms with Crippen LogP contribution in [0.4, 0.5) is 9.93 Å². The van der Waals surface area contributed by atoms with Crippen molar-refractivity contribution in [3.8, 4) is 0 Å². The molecule has 2 N–H and O–H groups in total. The van der Waals surface area contributed by atoms with Crippen LogP contribution in [0.1, 0.15) is 23.1 Å². The predicted octanol–water partition coefficient (Wildman–Crippen LogP) is 3.54. The number of amides is 2. The first-order chi connectivity index (χ1) is 11.8. The molecular weight excluding hydrogens is 450 g/mol. The van der Waals surface area contributed by atoms with Crippen molar-refractivity contribution in [2.24, 2.45) is 0 Å². The Labute approximate surface area is 163 Å². The molecule has 0 radical (unpaired) electrons. The Balaban J connectivity index is 2.08. The van der Waals surface area contributed by atoms with Gasteiger partial charge in [-0.3, -0.25) is 5.32 Å². The van der Waals surface area contributed by atoms with Gasteiger partial charge in [-0.15, -0.1) is 11.3 Å². The fourth-order valence-electron chi connectivity index (χ4n) is 1.96. The maximum atomic E-state index is 12.4. The van der Waals surface area contributed by atoms with Gasteiger partial charge in [0.05, 0.1) is 16.1 Å². The number of aromatic nitrogens is 1. The average Bonchev–Trinajstić information content (AvgIpc) is 3.07. The molecule has 2 rings (SSSR count). The number of halogens is 1. The van der Waals surface area contributed by atoms with Crippen LogP contribution in [0, 0.1) is 6.92 Å². The maximum absolute atomic E-state index is 12.4. The summed E-state index contributed by atoms with van der Waals surface area (Å²) in [6, 6.07) is 0.717. The summed E-state index contributed by atoms with van der Waals surface area (Å²) >= 11 is 5.72. The number of methoxy groups -OCH3 is 1. The highest BCUT2D eigenvalue weighted by molar-refractivity contribution is 9.11. The van der Waals surface area contributed by atoms with Crippen LogP contribution in [0.2, 0.25) is 0 Å². The third kappa shape index (κ3) is 5.23. The molecule has 0 unspecified atom stereocenters. The zero-order valence-electron chi connectivity index (χ0n) is 13.9. The van der Waals surface area contributed by atoms with E-state index in [0.29, 0.717) is 24.6 Å². The molecule has 0 aliphatic rings. The van der Waals surface area contributed by atoms with E-state index in [4.69, 9.17) is 4.74 Å². The second-order valence-corrected chi connectivity index (χ2v) is 10.4. The molecule has 0 atom stereocenters. The quantitative estimate of drug-likeness (QED) is 0.648. The van der Waals surface area contributed by atoms with E-state index in [0.717, 1.165) is 31.3 Å². The molecule has 138 valence electrons. The lowest BCUT2D eigenvalue weighted by Gasteiger charge is -2.05. The number of ether oxygens (including phenoxy) is 1. The second kappa shape index (κ2) is 8.58. The molecule has 2 aromatic heterocycles. The van der Waals surface area contributed by atoms with Crippen molar-refractivity contribution in [1.82, 2.24) is 9.71 Å². The molecule has 0 bridgehead atoms. The molecule has 7 nitrogen and oxygen atoms in total. The van der Waals surface area contributed by atoms with Gasteiger partial charge in [0.15, 0.2) is 5.13 Å². The molecule has 11 heteroatoms. The first-order valence-electron chi connectivity index (χ1n) is 7.34. The van der Waals surface area contributed by atoms with Gasteiger partial charge in [-0.1, -0.05) is 18.3 Å². The lowest BCUT2D eigenvalue weighted by molar-refractivity contribution is 0.203. The maximum Gasteiger partial charge on any atom is 0.334 e. The Morgan fingerprint density at radius 2 is 2.12 bits per heavy atom. The van der Waals surface area contributed by atoms with Crippen LogP contribution < -0.4 is 10.0 Å². The molecule has 0 saturated carbocycles. The van der Waals surface area contributed by atoms with Gasteiger partial charge in [0.25, 0.3) is 10.0 Å². The van der Waals surface area contributed by atoms with Crippen LogP contribution in [-0.2, 0) is 27.6 Å². The Hall–Kier alpha value is -1.01. The predicted molar refractivity (Wildman–Crippen MR) is 103 cm³/mol. The third-order valence-corrected chi connectivity index (χ3v) is 8.07.